The van der Waals surface area contributed by atoms with E-state index >= 15 is 0 Å². The third-order valence-corrected chi connectivity index (χ3v) is 4.64. The number of aromatic nitrogens is 1. The Morgan fingerprint density at radius 1 is 1.00 bits per heavy atom. The Morgan fingerprint density at radius 2 is 1.69 bits per heavy atom. The Morgan fingerprint density at radius 3 is 2.42 bits per heavy atom. The summed E-state index contributed by atoms with van der Waals surface area (Å²) in [6.07, 6.45) is 0.825. The second-order valence-electron chi connectivity index (χ2n) is 6.47. The first-order valence-electron chi connectivity index (χ1n) is 8.92. The maximum atomic E-state index is 12.7. The second-order valence-corrected chi connectivity index (χ2v) is 6.47. The zero-order valence-corrected chi connectivity index (χ0v) is 15.2. The van der Waals surface area contributed by atoms with Gasteiger partial charge in [0.2, 0.25) is 0 Å². The Labute approximate surface area is 153 Å². The summed E-state index contributed by atoms with van der Waals surface area (Å²) in [6.45, 7) is 5.09. The molecule has 2 aromatic rings. The van der Waals surface area contributed by atoms with E-state index in [2.05, 4.69) is 15.2 Å². The summed E-state index contributed by atoms with van der Waals surface area (Å²) in [4.78, 5) is 33.5. The van der Waals surface area contributed by atoms with Crippen molar-refractivity contribution in [3.63, 3.8) is 0 Å². The zero-order chi connectivity index (χ0) is 18.5. The lowest BCUT2D eigenvalue weighted by Crippen LogP contribution is -2.47. The quantitative estimate of drug-likeness (QED) is 0.917. The minimum atomic E-state index is -0.307. The molecule has 0 spiro atoms. The normalized spacial score (nSPS) is 14.9. The molecule has 6 nitrogen and oxygen atoms in total. The number of carbonyl (C=O) groups excluding carboxylic acids is 2. The smallest absolute Gasteiger partial charge is 0.274 e. The fraction of sp³-hybridized carbons (Fsp3) is 0.350. The number of nitrogens with zero attached hydrogens (tertiary/aromatic N) is 3. The number of amides is 2. The minimum absolute atomic E-state index is 0.123. The van der Waals surface area contributed by atoms with Crippen molar-refractivity contribution in [3.8, 4) is 0 Å². The molecule has 1 aromatic heterocycles. The van der Waals surface area contributed by atoms with Crippen LogP contribution in [0.25, 0.3) is 0 Å². The van der Waals surface area contributed by atoms with E-state index in [0.29, 0.717) is 18.8 Å². The third-order valence-electron chi connectivity index (χ3n) is 4.64. The van der Waals surface area contributed by atoms with Gasteiger partial charge in [-0.25, -0.2) is 4.98 Å². The van der Waals surface area contributed by atoms with Crippen LogP contribution in [0.3, 0.4) is 0 Å². The second kappa shape index (κ2) is 8.10. The van der Waals surface area contributed by atoms with Gasteiger partial charge < -0.3 is 15.1 Å². The molecule has 1 aliphatic heterocycles. The summed E-state index contributed by atoms with van der Waals surface area (Å²) in [5.74, 6) is -0.430. The molecular formula is C20H24N4O2. The van der Waals surface area contributed by atoms with Crippen molar-refractivity contribution in [2.45, 2.75) is 13.3 Å². The molecule has 1 aromatic carbocycles. The summed E-state index contributed by atoms with van der Waals surface area (Å²) in [6, 6.07) is 12.7. The fourth-order valence-electron chi connectivity index (χ4n) is 2.99. The van der Waals surface area contributed by atoms with Crippen LogP contribution in [0.1, 0.15) is 33.5 Å². The number of hydrogen-bond donors (Lipinski definition) is 1. The highest BCUT2D eigenvalue weighted by Crippen LogP contribution is 2.16. The molecule has 0 aliphatic carbocycles. The van der Waals surface area contributed by atoms with Gasteiger partial charge in [0.25, 0.3) is 11.8 Å². The number of hydrogen-bond acceptors (Lipinski definition) is 4. The van der Waals surface area contributed by atoms with Gasteiger partial charge in [-0.15, -0.1) is 0 Å². The Hall–Kier alpha value is -2.73. The summed E-state index contributed by atoms with van der Waals surface area (Å²) < 4.78 is 0. The van der Waals surface area contributed by atoms with Crippen molar-refractivity contribution in [2.75, 3.05) is 38.5 Å². The molecule has 1 N–H and O–H groups in total. The molecule has 1 saturated heterocycles. The summed E-state index contributed by atoms with van der Waals surface area (Å²) in [7, 11) is 2.04. The number of anilines is 1. The monoisotopic (exact) mass is 352 g/mol. The first-order chi connectivity index (χ1) is 12.6. The largest absolute Gasteiger partial charge is 0.335 e. The molecule has 1 fully saturated rings. The van der Waals surface area contributed by atoms with Crippen molar-refractivity contribution in [1.82, 2.24) is 14.8 Å². The van der Waals surface area contributed by atoms with E-state index in [1.165, 1.54) is 0 Å². The van der Waals surface area contributed by atoms with Gasteiger partial charge in [-0.1, -0.05) is 31.2 Å². The molecule has 0 saturated carbocycles. The van der Waals surface area contributed by atoms with Crippen LogP contribution in [-0.2, 0) is 6.42 Å². The molecule has 1 aliphatic rings. The lowest BCUT2D eigenvalue weighted by molar-refractivity contribution is 0.0658. The predicted octanol–water partition coefficient (Wildman–Crippen LogP) is 2.28. The maximum absolute atomic E-state index is 12.7. The van der Waals surface area contributed by atoms with Crippen LogP contribution in [0.4, 0.5) is 5.69 Å². The number of aryl methyl sites for hydroxylation is 1. The van der Waals surface area contributed by atoms with Gasteiger partial charge in [0.1, 0.15) is 11.4 Å². The van der Waals surface area contributed by atoms with Crippen molar-refractivity contribution >= 4 is 17.5 Å². The number of piperazine rings is 1. The summed E-state index contributed by atoms with van der Waals surface area (Å²) in [5, 5.41) is 2.90. The highest BCUT2D eigenvalue weighted by molar-refractivity contribution is 6.04. The first kappa shape index (κ1) is 18.1. The number of nitrogens with one attached hydrogen (secondary N) is 1. The van der Waals surface area contributed by atoms with Crippen molar-refractivity contribution in [2.24, 2.45) is 0 Å². The molecule has 3 rings (SSSR count). The average Bonchev–Trinajstić information content (AvgIpc) is 2.68. The lowest BCUT2D eigenvalue weighted by atomic mass is 10.1. The van der Waals surface area contributed by atoms with Gasteiger partial charge in [0.15, 0.2) is 0 Å². The topological polar surface area (TPSA) is 65.5 Å². The van der Waals surface area contributed by atoms with Crippen LogP contribution in [0.5, 0.6) is 0 Å². The van der Waals surface area contributed by atoms with Gasteiger partial charge >= 0.3 is 0 Å². The van der Waals surface area contributed by atoms with Crippen LogP contribution in [0.2, 0.25) is 0 Å². The minimum Gasteiger partial charge on any atom is -0.335 e. The van der Waals surface area contributed by atoms with E-state index in [0.717, 1.165) is 30.8 Å². The third kappa shape index (κ3) is 4.08. The van der Waals surface area contributed by atoms with E-state index in [4.69, 9.17) is 0 Å². The van der Waals surface area contributed by atoms with E-state index in [-0.39, 0.29) is 17.5 Å². The first-order valence-corrected chi connectivity index (χ1v) is 8.92. The lowest BCUT2D eigenvalue weighted by Gasteiger charge is -2.32. The zero-order valence-electron chi connectivity index (χ0n) is 15.2. The Bertz CT molecular complexity index is 798. The highest BCUT2D eigenvalue weighted by atomic mass is 16.2. The number of para-hydroxylation sites is 1. The van der Waals surface area contributed by atoms with Crippen molar-refractivity contribution in [1.29, 1.82) is 0 Å². The molecule has 0 atom stereocenters. The number of likely N-dealkylation sites (N-methyl/N-ethyl adjacent to an activating group) is 1. The number of carbonyl (C=O) groups is 2. The van der Waals surface area contributed by atoms with Gasteiger partial charge in [-0.3, -0.25) is 9.59 Å². The van der Waals surface area contributed by atoms with Gasteiger partial charge in [-0.2, -0.15) is 0 Å². The standard InChI is InChI=1S/C20H24N4O2/c1-3-15-7-4-5-8-16(15)22-19(25)17-9-6-10-18(21-17)20(26)24-13-11-23(2)12-14-24/h4-10H,3,11-14H2,1-2H3,(H,22,25). The van der Waals surface area contributed by atoms with E-state index < -0.39 is 0 Å². The van der Waals surface area contributed by atoms with E-state index in [1.807, 2.05) is 38.2 Å². The number of pyridine rings is 1. The van der Waals surface area contributed by atoms with E-state index in [9.17, 15) is 9.59 Å². The van der Waals surface area contributed by atoms with Crippen LogP contribution < -0.4 is 5.32 Å². The van der Waals surface area contributed by atoms with Crippen molar-refractivity contribution < 1.29 is 9.59 Å². The number of benzene rings is 1. The van der Waals surface area contributed by atoms with Crippen LogP contribution in [0, 0.1) is 0 Å². The Kier molecular flexibility index (Phi) is 5.63. The van der Waals surface area contributed by atoms with E-state index in [1.54, 1.807) is 23.1 Å². The predicted molar refractivity (Wildman–Crippen MR) is 101 cm³/mol. The van der Waals surface area contributed by atoms with Gasteiger partial charge in [0.05, 0.1) is 0 Å². The SMILES string of the molecule is CCc1ccccc1NC(=O)c1cccc(C(=O)N2CCN(C)CC2)n1. The molecule has 26 heavy (non-hydrogen) atoms. The molecule has 2 heterocycles. The average molecular weight is 352 g/mol. The Balaban J connectivity index is 1.74. The highest BCUT2D eigenvalue weighted by Gasteiger charge is 2.22. The summed E-state index contributed by atoms with van der Waals surface area (Å²) >= 11 is 0. The molecule has 2 amide bonds. The van der Waals surface area contributed by atoms with Gasteiger partial charge in [-0.05, 0) is 37.2 Å². The molecule has 136 valence electrons. The van der Waals surface area contributed by atoms with Crippen LogP contribution >= 0.6 is 0 Å². The molecular weight excluding hydrogens is 328 g/mol. The summed E-state index contributed by atoms with van der Waals surface area (Å²) in [5.41, 5.74) is 2.39. The molecule has 0 bridgehead atoms. The molecule has 6 heteroatoms. The van der Waals surface area contributed by atoms with Crippen LogP contribution in [-0.4, -0.2) is 59.8 Å². The van der Waals surface area contributed by atoms with Crippen LogP contribution in [0.15, 0.2) is 42.5 Å². The fourth-order valence-corrected chi connectivity index (χ4v) is 2.99. The number of rotatable bonds is 4. The maximum Gasteiger partial charge on any atom is 0.274 e. The molecule has 0 radical (unpaired) electrons. The molecule has 0 unspecified atom stereocenters. The van der Waals surface area contributed by atoms with Gasteiger partial charge in [0, 0.05) is 31.9 Å². The van der Waals surface area contributed by atoms with Crippen molar-refractivity contribution in [3.05, 3.63) is 59.4 Å².